The van der Waals surface area contributed by atoms with Crippen molar-refractivity contribution in [3.8, 4) is 0 Å². The largest absolute Gasteiger partial charge is 0.361 e. The fourth-order valence-corrected chi connectivity index (χ4v) is 2.26. The normalized spacial score (nSPS) is 10.7. The first-order chi connectivity index (χ1) is 9.63. The molecule has 1 heterocycles. The molecule has 100 valence electrons. The third-order valence-electron chi connectivity index (χ3n) is 3.46. The molecule has 0 aliphatic heterocycles. The number of hydrogen-bond donors (Lipinski definition) is 2. The molecule has 1 aromatic heterocycles. The highest BCUT2D eigenvalue weighted by molar-refractivity contribution is 6.06. The summed E-state index contributed by atoms with van der Waals surface area (Å²) in [5.41, 5.74) is 4.76. The van der Waals surface area contributed by atoms with Gasteiger partial charge in [-0.2, -0.15) is 0 Å². The summed E-state index contributed by atoms with van der Waals surface area (Å²) >= 11 is 0. The molecule has 20 heavy (non-hydrogen) atoms. The van der Waals surface area contributed by atoms with Crippen molar-refractivity contribution >= 4 is 22.5 Å². The van der Waals surface area contributed by atoms with E-state index in [1.54, 1.807) is 0 Å². The van der Waals surface area contributed by atoms with Gasteiger partial charge in [0, 0.05) is 28.4 Å². The standard InChI is InChI=1S/C17H16N2O/c1-11-3-4-12(2)16(9-11)19-17(20)14-5-6-15-13(10-14)7-8-18-15/h3-10,18H,1-2H3,(H,19,20). The molecule has 3 nitrogen and oxygen atoms in total. The van der Waals surface area contributed by atoms with Gasteiger partial charge in [0.25, 0.3) is 5.91 Å². The van der Waals surface area contributed by atoms with Crippen LogP contribution in [-0.2, 0) is 0 Å². The van der Waals surface area contributed by atoms with Gasteiger partial charge < -0.3 is 10.3 Å². The van der Waals surface area contributed by atoms with E-state index in [2.05, 4.69) is 10.3 Å². The Balaban J connectivity index is 1.90. The van der Waals surface area contributed by atoms with Gasteiger partial charge in [-0.3, -0.25) is 4.79 Å². The molecule has 0 saturated heterocycles. The SMILES string of the molecule is Cc1ccc(C)c(NC(=O)c2ccc3[nH]ccc3c2)c1. The minimum atomic E-state index is -0.0817. The van der Waals surface area contributed by atoms with Crippen molar-refractivity contribution in [1.82, 2.24) is 4.98 Å². The number of rotatable bonds is 2. The van der Waals surface area contributed by atoms with Crippen molar-refractivity contribution in [2.75, 3.05) is 5.32 Å². The van der Waals surface area contributed by atoms with E-state index in [4.69, 9.17) is 0 Å². The van der Waals surface area contributed by atoms with Gasteiger partial charge >= 0.3 is 0 Å². The second-order valence-corrected chi connectivity index (χ2v) is 5.05. The zero-order valence-corrected chi connectivity index (χ0v) is 11.5. The summed E-state index contributed by atoms with van der Waals surface area (Å²) in [5.74, 6) is -0.0817. The van der Waals surface area contributed by atoms with Crippen molar-refractivity contribution in [2.45, 2.75) is 13.8 Å². The molecule has 0 radical (unpaired) electrons. The van der Waals surface area contributed by atoms with Crippen molar-refractivity contribution in [3.63, 3.8) is 0 Å². The second-order valence-electron chi connectivity index (χ2n) is 5.05. The van der Waals surface area contributed by atoms with Gasteiger partial charge in [0.1, 0.15) is 0 Å². The van der Waals surface area contributed by atoms with Gasteiger partial charge in [-0.1, -0.05) is 12.1 Å². The highest BCUT2D eigenvalue weighted by atomic mass is 16.1. The number of aromatic amines is 1. The minimum Gasteiger partial charge on any atom is -0.361 e. The molecule has 0 saturated carbocycles. The summed E-state index contributed by atoms with van der Waals surface area (Å²) in [6.07, 6.45) is 1.87. The Bertz CT molecular complexity index is 787. The van der Waals surface area contributed by atoms with E-state index in [1.165, 1.54) is 0 Å². The van der Waals surface area contributed by atoms with Gasteiger partial charge in [0.15, 0.2) is 0 Å². The molecule has 0 unspecified atom stereocenters. The first-order valence-corrected chi connectivity index (χ1v) is 6.59. The zero-order valence-electron chi connectivity index (χ0n) is 11.5. The Morgan fingerprint density at radius 1 is 1.05 bits per heavy atom. The van der Waals surface area contributed by atoms with Crippen LogP contribution in [0.5, 0.6) is 0 Å². The van der Waals surface area contributed by atoms with E-state index < -0.39 is 0 Å². The fourth-order valence-electron chi connectivity index (χ4n) is 2.26. The molecular weight excluding hydrogens is 248 g/mol. The van der Waals surface area contributed by atoms with Gasteiger partial charge in [-0.15, -0.1) is 0 Å². The molecule has 3 heteroatoms. The molecule has 0 aliphatic carbocycles. The number of carbonyl (C=O) groups excluding carboxylic acids is 1. The minimum absolute atomic E-state index is 0.0817. The zero-order chi connectivity index (χ0) is 14.1. The van der Waals surface area contributed by atoms with Crippen molar-refractivity contribution in [3.05, 3.63) is 65.4 Å². The molecule has 0 atom stereocenters. The van der Waals surface area contributed by atoms with E-state index in [1.807, 2.05) is 62.5 Å². The van der Waals surface area contributed by atoms with Gasteiger partial charge in [0.05, 0.1) is 0 Å². The number of hydrogen-bond acceptors (Lipinski definition) is 1. The summed E-state index contributed by atoms with van der Waals surface area (Å²) < 4.78 is 0. The summed E-state index contributed by atoms with van der Waals surface area (Å²) in [6.45, 7) is 4.01. The Labute approximate surface area is 117 Å². The highest BCUT2D eigenvalue weighted by Crippen LogP contribution is 2.19. The number of nitrogens with one attached hydrogen (secondary N) is 2. The molecular formula is C17H16N2O. The third-order valence-corrected chi connectivity index (χ3v) is 3.46. The molecule has 2 aromatic carbocycles. The topological polar surface area (TPSA) is 44.9 Å². The van der Waals surface area contributed by atoms with Crippen LogP contribution in [-0.4, -0.2) is 10.9 Å². The first-order valence-electron chi connectivity index (χ1n) is 6.59. The quantitative estimate of drug-likeness (QED) is 0.721. The van der Waals surface area contributed by atoms with E-state index in [-0.39, 0.29) is 5.91 Å². The number of benzene rings is 2. The molecule has 0 spiro atoms. The molecule has 2 N–H and O–H groups in total. The average Bonchev–Trinajstić information content (AvgIpc) is 2.90. The molecule has 0 bridgehead atoms. The Morgan fingerprint density at radius 3 is 2.75 bits per heavy atom. The second kappa shape index (κ2) is 4.85. The molecule has 0 aliphatic rings. The predicted octanol–water partition coefficient (Wildman–Crippen LogP) is 4.04. The number of anilines is 1. The first kappa shape index (κ1) is 12.5. The smallest absolute Gasteiger partial charge is 0.255 e. The molecule has 3 rings (SSSR count). The lowest BCUT2D eigenvalue weighted by Gasteiger charge is -2.09. The predicted molar refractivity (Wildman–Crippen MR) is 82.2 cm³/mol. The summed E-state index contributed by atoms with van der Waals surface area (Å²) in [4.78, 5) is 15.4. The Morgan fingerprint density at radius 2 is 1.90 bits per heavy atom. The van der Waals surface area contributed by atoms with Crippen LogP contribution in [0.25, 0.3) is 10.9 Å². The van der Waals surface area contributed by atoms with Crippen LogP contribution in [0.3, 0.4) is 0 Å². The number of carbonyl (C=O) groups is 1. The molecule has 1 amide bonds. The Hall–Kier alpha value is -2.55. The van der Waals surface area contributed by atoms with Crippen molar-refractivity contribution in [2.24, 2.45) is 0 Å². The van der Waals surface area contributed by atoms with E-state index in [0.717, 1.165) is 27.7 Å². The maximum absolute atomic E-state index is 12.3. The number of aromatic nitrogens is 1. The molecule has 0 fully saturated rings. The third kappa shape index (κ3) is 2.30. The maximum Gasteiger partial charge on any atom is 0.255 e. The number of fused-ring (bicyclic) bond motifs is 1. The number of aryl methyl sites for hydroxylation is 2. The number of amides is 1. The van der Waals surface area contributed by atoms with Crippen LogP contribution < -0.4 is 5.32 Å². The lowest BCUT2D eigenvalue weighted by molar-refractivity contribution is 0.102. The van der Waals surface area contributed by atoms with Gasteiger partial charge in [0.2, 0.25) is 0 Å². The summed E-state index contributed by atoms with van der Waals surface area (Å²) in [5, 5.41) is 4.02. The fraction of sp³-hybridized carbons (Fsp3) is 0.118. The monoisotopic (exact) mass is 264 g/mol. The highest BCUT2D eigenvalue weighted by Gasteiger charge is 2.08. The van der Waals surface area contributed by atoms with Crippen LogP contribution in [0.1, 0.15) is 21.5 Å². The lowest BCUT2D eigenvalue weighted by Crippen LogP contribution is -2.12. The van der Waals surface area contributed by atoms with Gasteiger partial charge in [-0.05, 0) is 55.3 Å². The van der Waals surface area contributed by atoms with Crippen molar-refractivity contribution < 1.29 is 4.79 Å². The molecule has 3 aromatic rings. The van der Waals surface area contributed by atoms with Gasteiger partial charge in [-0.25, -0.2) is 0 Å². The van der Waals surface area contributed by atoms with Crippen molar-refractivity contribution in [1.29, 1.82) is 0 Å². The van der Waals surface area contributed by atoms with E-state index in [0.29, 0.717) is 5.56 Å². The summed E-state index contributed by atoms with van der Waals surface area (Å²) in [7, 11) is 0. The summed E-state index contributed by atoms with van der Waals surface area (Å²) in [6, 6.07) is 13.7. The Kier molecular flexibility index (Phi) is 3.03. The maximum atomic E-state index is 12.3. The van der Waals surface area contributed by atoms with Crippen LogP contribution in [0.2, 0.25) is 0 Å². The van der Waals surface area contributed by atoms with E-state index in [9.17, 15) is 4.79 Å². The average molecular weight is 264 g/mol. The number of H-pyrrole nitrogens is 1. The van der Waals surface area contributed by atoms with E-state index >= 15 is 0 Å². The van der Waals surface area contributed by atoms with Crippen LogP contribution in [0, 0.1) is 13.8 Å². The van der Waals surface area contributed by atoms with Crippen LogP contribution in [0.4, 0.5) is 5.69 Å². The lowest BCUT2D eigenvalue weighted by atomic mass is 10.1. The van der Waals surface area contributed by atoms with Crippen LogP contribution in [0.15, 0.2) is 48.7 Å². The van der Waals surface area contributed by atoms with Crippen LogP contribution >= 0.6 is 0 Å².